The van der Waals surface area contributed by atoms with Gasteiger partial charge in [-0.05, 0) is 26.0 Å². The standard InChI is InChI=1S/C12H15N3O4/c1-3-18-11(16)9(12(17)19-4-2)8-13-10-6-5-7-14-15-10/h5-8H,3-4H2,1-2H3,(H,13,15). The van der Waals surface area contributed by atoms with Crippen LogP contribution in [0.1, 0.15) is 13.8 Å². The first-order valence-electron chi connectivity index (χ1n) is 5.77. The number of aromatic nitrogens is 2. The molecule has 0 saturated heterocycles. The summed E-state index contributed by atoms with van der Waals surface area (Å²) in [5.74, 6) is -1.11. The van der Waals surface area contributed by atoms with Gasteiger partial charge in [-0.15, -0.1) is 5.10 Å². The van der Waals surface area contributed by atoms with Crippen LogP contribution in [0.2, 0.25) is 0 Å². The van der Waals surface area contributed by atoms with Crippen LogP contribution >= 0.6 is 0 Å². The maximum Gasteiger partial charge on any atom is 0.347 e. The van der Waals surface area contributed by atoms with E-state index in [1.165, 1.54) is 12.4 Å². The summed E-state index contributed by atoms with van der Waals surface area (Å²) >= 11 is 0. The van der Waals surface area contributed by atoms with Crippen LogP contribution in [0, 0.1) is 0 Å². The molecular formula is C12H15N3O4. The smallest absolute Gasteiger partial charge is 0.347 e. The van der Waals surface area contributed by atoms with Crippen molar-refractivity contribution in [1.29, 1.82) is 0 Å². The number of nitrogens with one attached hydrogen (secondary N) is 1. The van der Waals surface area contributed by atoms with Gasteiger partial charge < -0.3 is 14.8 Å². The minimum atomic E-state index is -0.752. The Morgan fingerprint density at radius 1 is 1.26 bits per heavy atom. The lowest BCUT2D eigenvalue weighted by molar-refractivity contribution is -0.146. The van der Waals surface area contributed by atoms with E-state index in [0.29, 0.717) is 5.82 Å². The van der Waals surface area contributed by atoms with Crippen molar-refractivity contribution in [1.82, 2.24) is 10.2 Å². The predicted molar refractivity (Wildman–Crippen MR) is 67.0 cm³/mol. The van der Waals surface area contributed by atoms with E-state index in [-0.39, 0.29) is 18.8 Å². The molecule has 7 heteroatoms. The van der Waals surface area contributed by atoms with Gasteiger partial charge in [0.15, 0.2) is 11.4 Å². The molecule has 0 aliphatic rings. The van der Waals surface area contributed by atoms with Crippen molar-refractivity contribution in [3.8, 4) is 0 Å². The van der Waals surface area contributed by atoms with E-state index in [4.69, 9.17) is 9.47 Å². The minimum absolute atomic E-state index is 0.167. The van der Waals surface area contributed by atoms with Crippen LogP contribution in [0.5, 0.6) is 0 Å². The van der Waals surface area contributed by atoms with Gasteiger partial charge >= 0.3 is 11.9 Å². The molecule has 0 spiro atoms. The summed E-state index contributed by atoms with van der Waals surface area (Å²) in [6.07, 6.45) is 2.70. The van der Waals surface area contributed by atoms with Gasteiger partial charge in [0, 0.05) is 12.4 Å². The molecule has 1 aromatic heterocycles. The number of carbonyl (C=O) groups excluding carboxylic acids is 2. The molecule has 0 aromatic carbocycles. The Bertz CT molecular complexity index is 439. The highest BCUT2D eigenvalue weighted by Gasteiger charge is 2.20. The molecule has 19 heavy (non-hydrogen) atoms. The molecule has 1 rings (SSSR count). The van der Waals surface area contributed by atoms with Crippen LogP contribution in [0.15, 0.2) is 30.1 Å². The molecule has 0 unspecified atom stereocenters. The second kappa shape index (κ2) is 7.80. The zero-order chi connectivity index (χ0) is 14.1. The lowest BCUT2D eigenvalue weighted by Gasteiger charge is -2.06. The molecule has 0 amide bonds. The van der Waals surface area contributed by atoms with E-state index in [2.05, 4.69) is 15.5 Å². The fourth-order valence-corrected chi connectivity index (χ4v) is 1.14. The first-order chi connectivity index (χ1) is 9.19. The van der Waals surface area contributed by atoms with Crippen molar-refractivity contribution in [2.75, 3.05) is 18.5 Å². The highest BCUT2D eigenvalue weighted by atomic mass is 16.6. The normalized spacial score (nSPS) is 9.37. The number of esters is 2. The van der Waals surface area contributed by atoms with Gasteiger partial charge in [-0.1, -0.05) is 0 Å². The number of nitrogens with zero attached hydrogens (tertiary/aromatic N) is 2. The number of ether oxygens (including phenoxy) is 2. The van der Waals surface area contributed by atoms with Crippen molar-refractivity contribution in [3.05, 3.63) is 30.1 Å². The molecule has 0 aliphatic carbocycles. The summed E-state index contributed by atoms with van der Waals surface area (Å²) in [6.45, 7) is 3.63. The topological polar surface area (TPSA) is 90.4 Å². The van der Waals surface area contributed by atoms with E-state index in [1.54, 1.807) is 26.0 Å². The minimum Gasteiger partial charge on any atom is -0.462 e. The molecule has 1 N–H and O–H groups in total. The van der Waals surface area contributed by atoms with E-state index >= 15 is 0 Å². The van der Waals surface area contributed by atoms with E-state index in [0.717, 1.165) is 0 Å². The number of carbonyl (C=O) groups is 2. The van der Waals surface area contributed by atoms with Gasteiger partial charge in [0.05, 0.1) is 13.2 Å². The Hall–Kier alpha value is -2.44. The quantitative estimate of drug-likeness (QED) is 0.353. The van der Waals surface area contributed by atoms with Crippen molar-refractivity contribution < 1.29 is 19.1 Å². The summed E-state index contributed by atoms with van der Waals surface area (Å²) < 4.78 is 9.55. The largest absolute Gasteiger partial charge is 0.462 e. The van der Waals surface area contributed by atoms with Gasteiger partial charge in [-0.2, -0.15) is 5.10 Å². The van der Waals surface area contributed by atoms with Gasteiger partial charge in [0.1, 0.15) is 0 Å². The third kappa shape index (κ3) is 4.74. The van der Waals surface area contributed by atoms with E-state index < -0.39 is 11.9 Å². The van der Waals surface area contributed by atoms with Crippen molar-refractivity contribution in [2.45, 2.75) is 13.8 Å². The molecule has 1 aromatic rings. The molecule has 0 bridgehead atoms. The maximum absolute atomic E-state index is 11.6. The Labute approximate surface area is 110 Å². The fourth-order valence-electron chi connectivity index (χ4n) is 1.14. The average molecular weight is 265 g/mol. The van der Waals surface area contributed by atoms with Gasteiger partial charge in [-0.25, -0.2) is 9.59 Å². The fraction of sp³-hybridized carbons (Fsp3) is 0.333. The van der Waals surface area contributed by atoms with Crippen LogP contribution in [0.25, 0.3) is 0 Å². The predicted octanol–water partition coefficient (Wildman–Crippen LogP) is 0.899. The Kier molecular flexibility index (Phi) is 6.00. The molecule has 102 valence electrons. The summed E-state index contributed by atoms with van der Waals surface area (Å²) in [4.78, 5) is 23.2. The lowest BCUT2D eigenvalue weighted by atomic mass is 10.3. The van der Waals surface area contributed by atoms with Crippen LogP contribution in [-0.2, 0) is 19.1 Å². The molecule has 0 aliphatic heterocycles. The number of rotatable bonds is 6. The first kappa shape index (κ1) is 14.6. The average Bonchev–Trinajstić information content (AvgIpc) is 2.41. The zero-order valence-electron chi connectivity index (χ0n) is 10.8. The van der Waals surface area contributed by atoms with Crippen LogP contribution in [-0.4, -0.2) is 35.3 Å². The highest BCUT2D eigenvalue weighted by molar-refractivity contribution is 6.14. The molecular weight excluding hydrogens is 250 g/mol. The maximum atomic E-state index is 11.6. The van der Waals surface area contributed by atoms with E-state index in [1.807, 2.05) is 0 Å². The second-order valence-electron chi connectivity index (χ2n) is 3.25. The number of hydrogen-bond acceptors (Lipinski definition) is 7. The van der Waals surface area contributed by atoms with Gasteiger partial charge in [0.2, 0.25) is 0 Å². The third-order valence-corrected chi connectivity index (χ3v) is 1.93. The molecule has 0 fully saturated rings. The Morgan fingerprint density at radius 3 is 2.37 bits per heavy atom. The highest BCUT2D eigenvalue weighted by Crippen LogP contribution is 2.05. The SMILES string of the molecule is CCOC(=O)C(=CNc1cccnn1)C(=O)OCC. The first-order valence-corrected chi connectivity index (χ1v) is 5.77. The van der Waals surface area contributed by atoms with Crippen molar-refractivity contribution >= 4 is 17.8 Å². The van der Waals surface area contributed by atoms with Crippen LogP contribution < -0.4 is 5.32 Å². The van der Waals surface area contributed by atoms with Crippen molar-refractivity contribution in [3.63, 3.8) is 0 Å². The number of anilines is 1. The summed E-state index contributed by atoms with van der Waals surface area (Å²) in [5.41, 5.74) is -0.227. The lowest BCUT2D eigenvalue weighted by Crippen LogP contribution is -2.19. The van der Waals surface area contributed by atoms with Gasteiger partial charge in [0.25, 0.3) is 0 Å². The Balaban J connectivity index is 2.83. The summed E-state index contributed by atoms with van der Waals surface area (Å²) in [7, 11) is 0. The van der Waals surface area contributed by atoms with Gasteiger partial charge in [-0.3, -0.25) is 0 Å². The van der Waals surface area contributed by atoms with Crippen molar-refractivity contribution in [2.24, 2.45) is 0 Å². The Morgan fingerprint density at radius 2 is 1.89 bits per heavy atom. The molecule has 1 heterocycles. The third-order valence-electron chi connectivity index (χ3n) is 1.93. The van der Waals surface area contributed by atoms with Crippen LogP contribution in [0.3, 0.4) is 0 Å². The summed E-state index contributed by atoms with van der Waals surface area (Å²) in [5, 5.41) is 10.1. The molecule has 7 nitrogen and oxygen atoms in total. The van der Waals surface area contributed by atoms with Crippen LogP contribution in [0.4, 0.5) is 5.82 Å². The molecule has 0 atom stereocenters. The summed E-state index contributed by atoms with van der Waals surface area (Å²) in [6, 6.07) is 3.30. The number of hydrogen-bond donors (Lipinski definition) is 1. The second-order valence-corrected chi connectivity index (χ2v) is 3.25. The molecule has 0 saturated carbocycles. The monoisotopic (exact) mass is 265 g/mol. The zero-order valence-corrected chi connectivity index (χ0v) is 10.8. The van der Waals surface area contributed by atoms with E-state index in [9.17, 15) is 9.59 Å². The molecule has 0 radical (unpaired) electrons.